The summed E-state index contributed by atoms with van der Waals surface area (Å²) in [6.07, 6.45) is 0.969. The molecular formula is C9H12IN. The summed E-state index contributed by atoms with van der Waals surface area (Å²) < 4.78 is 1.28. The molecule has 60 valence electrons. The zero-order valence-electron chi connectivity index (χ0n) is 6.55. The highest BCUT2D eigenvalue weighted by molar-refractivity contribution is 14.1. The third-order valence-corrected chi connectivity index (χ3v) is 2.12. The van der Waals surface area contributed by atoms with Gasteiger partial charge in [0.05, 0.1) is 0 Å². The fourth-order valence-corrected chi connectivity index (χ4v) is 1.64. The zero-order chi connectivity index (χ0) is 8.27. The lowest BCUT2D eigenvalue weighted by Crippen LogP contribution is -2.17. The van der Waals surface area contributed by atoms with Crippen LogP contribution in [-0.4, -0.2) is 6.04 Å². The molecule has 0 saturated heterocycles. The van der Waals surface area contributed by atoms with Gasteiger partial charge in [0.25, 0.3) is 0 Å². The monoisotopic (exact) mass is 261 g/mol. The van der Waals surface area contributed by atoms with E-state index in [0.717, 1.165) is 6.42 Å². The summed E-state index contributed by atoms with van der Waals surface area (Å²) in [6.45, 7) is 2.03. The molecule has 0 aliphatic heterocycles. The van der Waals surface area contributed by atoms with E-state index in [1.54, 1.807) is 0 Å². The van der Waals surface area contributed by atoms with Crippen molar-refractivity contribution in [3.05, 3.63) is 33.4 Å². The van der Waals surface area contributed by atoms with Crippen LogP contribution in [0.5, 0.6) is 0 Å². The van der Waals surface area contributed by atoms with Crippen LogP contribution in [-0.2, 0) is 6.42 Å². The van der Waals surface area contributed by atoms with E-state index in [1.165, 1.54) is 9.13 Å². The van der Waals surface area contributed by atoms with E-state index in [1.807, 2.05) is 6.92 Å². The first-order chi connectivity index (χ1) is 5.18. The molecule has 0 radical (unpaired) electrons. The van der Waals surface area contributed by atoms with E-state index in [-0.39, 0.29) is 6.04 Å². The normalized spacial score (nSPS) is 13.0. The van der Waals surface area contributed by atoms with E-state index in [4.69, 9.17) is 5.73 Å². The molecule has 0 spiro atoms. The molecule has 0 aliphatic carbocycles. The number of nitrogens with two attached hydrogens (primary N) is 1. The lowest BCUT2D eigenvalue weighted by molar-refractivity contribution is 0.738. The largest absolute Gasteiger partial charge is 0.328 e. The van der Waals surface area contributed by atoms with Crippen LogP contribution < -0.4 is 5.73 Å². The molecule has 0 heterocycles. The van der Waals surface area contributed by atoms with Crippen molar-refractivity contribution in [1.82, 2.24) is 0 Å². The predicted octanol–water partition coefficient (Wildman–Crippen LogP) is 2.18. The molecule has 1 nitrogen and oxygen atoms in total. The van der Waals surface area contributed by atoms with Gasteiger partial charge >= 0.3 is 0 Å². The van der Waals surface area contributed by atoms with E-state index < -0.39 is 0 Å². The van der Waals surface area contributed by atoms with E-state index in [9.17, 15) is 0 Å². The first kappa shape index (κ1) is 9.00. The highest BCUT2D eigenvalue weighted by atomic mass is 127. The Morgan fingerprint density at radius 2 is 2.27 bits per heavy atom. The van der Waals surface area contributed by atoms with E-state index in [0.29, 0.717) is 0 Å². The van der Waals surface area contributed by atoms with Crippen molar-refractivity contribution < 1.29 is 0 Å². The van der Waals surface area contributed by atoms with Crippen LogP contribution >= 0.6 is 22.6 Å². The lowest BCUT2D eigenvalue weighted by atomic mass is 10.1. The number of rotatable bonds is 2. The van der Waals surface area contributed by atoms with E-state index in [2.05, 4.69) is 46.9 Å². The molecule has 0 amide bonds. The molecular weight excluding hydrogens is 249 g/mol. The van der Waals surface area contributed by atoms with Crippen LogP contribution in [0.15, 0.2) is 24.3 Å². The van der Waals surface area contributed by atoms with Crippen molar-refractivity contribution in [3.63, 3.8) is 0 Å². The topological polar surface area (TPSA) is 26.0 Å². The second-order valence-electron chi connectivity index (χ2n) is 2.81. The average molecular weight is 261 g/mol. The average Bonchev–Trinajstić information content (AvgIpc) is 1.85. The highest BCUT2D eigenvalue weighted by Gasteiger charge is 1.96. The van der Waals surface area contributed by atoms with Gasteiger partial charge in [-0.15, -0.1) is 0 Å². The maximum atomic E-state index is 5.67. The summed E-state index contributed by atoms with van der Waals surface area (Å²) in [7, 11) is 0. The molecule has 2 N–H and O–H groups in total. The second-order valence-corrected chi connectivity index (χ2v) is 4.06. The van der Waals surface area contributed by atoms with Gasteiger partial charge in [-0.2, -0.15) is 0 Å². The molecule has 0 bridgehead atoms. The highest BCUT2D eigenvalue weighted by Crippen LogP contribution is 2.08. The van der Waals surface area contributed by atoms with Crippen molar-refractivity contribution in [2.24, 2.45) is 5.73 Å². The Morgan fingerprint density at radius 3 is 2.82 bits per heavy atom. The van der Waals surface area contributed by atoms with Gasteiger partial charge in [0.15, 0.2) is 0 Å². The molecule has 1 aromatic carbocycles. The van der Waals surface area contributed by atoms with Crippen molar-refractivity contribution >= 4 is 22.6 Å². The molecule has 1 atom stereocenters. The molecule has 0 unspecified atom stereocenters. The minimum atomic E-state index is 0.258. The molecule has 2 heteroatoms. The second kappa shape index (κ2) is 4.07. The van der Waals surface area contributed by atoms with Crippen molar-refractivity contribution in [1.29, 1.82) is 0 Å². The Balaban J connectivity index is 2.71. The fraction of sp³-hybridized carbons (Fsp3) is 0.333. The number of hydrogen-bond acceptors (Lipinski definition) is 1. The smallest absolute Gasteiger partial charge is 0.0133 e. The van der Waals surface area contributed by atoms with Crippen molar-refractivity contribution in [2.75, 3.05) is 0 Å². The minimum absolute atomic E-state index is 0.258. The van der Waals surface area contributed by atoms with Crippen molar-refractivity contribution in [2.45, 2.75) is 19.4 Å². The molecule has 1 aromatic rings. The van der Waals surface area contributed by atoms with Gasteiger partial charge in [-0.1, -0.05) is 12.1 Å². The molecule has 0 aromatic heterocycles. The van der Waals surface area contributed by atoms with Gasteiger partial charge < -0.3 is 5.73 Å². The SMILES string of the molecule is C[C@@H](N)Cc1cccc(I)c1. The molecule has 1 rings (SSSR count). The Morgan fingerprint density at radius 1 is 1.55 bits per heavy atom. The third-order valence-electron chi connectivity index (χ3n) is 1.45. The summed E-state index contributed by atoms with van der Waals surface area (Å²) in [5.74, 6) is 0. The third kappa shape index (κ3) is 3.20. The molecule has 11 heavy (non-hydrogen) atoms. The van der Waals surface area contributed by atoms with Gasteiger partial charge in [-0.3, -0.25) is 0 Å². The summed E-state index contributed by atoms with van der Waals surface area (Å²) >= 11 is 2.31. The van der Waals surface area contributed by atoms with Crippen LogP contribution in [0.1, 0.15) is 12.5 Å². The van der Waals surface area contributed by atoms with Crippen LogP contribution in [0.25, 0.3) is 0 Å². The van der Waals surface area contributed by atoms with Crippen molar-refractivity contribution in [3.8, 4) is 0 Å². The van der Waals surface area contributed by atoms with Gasteiger partial charge in [-0.25, -0.2) is 0 Å². The van der Waals surface area contributed by atoms with Gasteiger partial charge in [0, 0.05) is 9.61 Å². The predicted molar refractivity (Wildman–Crippen MR) is 56.5 cm³/mol. The Hall–Kier alpha value is -0.0900. The number of hydrogen-bond donors (Lipinski definition) is 1. The molecule has 0 fully saturated rings. The maximum absolute atomic E-state index is 5.67. The first-order valence-corrected chi connectivity index (χ1v) is 4.76. The summed E-state index contributed by atoms with van der Waals surface area (Å²) in [4.78, 5) is 0. The maximum Gasteiger partial charge on any atom is 0.0133 e. The number of halogens is 1. The Bertz CT molecular complexity index is 233. The Labute approximate surface area is 81.1 Å². The van der Waals surface area contributed by atoms with Gasteiger partial charge in [0.2, 0.25) is 0 Å². The van der Waals surface area contributed by atoms with Gasteiger partial charge in [0.1, 0.15) is 0 Å². The van der Waals surface area contributed by atoms with Crippen LogP contribution in [0, 0.1) is 3.57 Å². The Kier molecular flexibility index (Phi) is 3.33. The molecule has 0 saturated carbocycles. The standard InChI is InChI=1S/C9H12IN/c1-7(11)5-8-3-2-4-9(10)6-8/h2-4,6-7H,5,11H2,1H3/t7-/m1/s1. The van der Waals surface area contributed by atoms with Gasteiger partial charge in [-0.05, 0) is 53.6 Å². The van der Waals surface area contributed by atoms with Crippen LogP contribution in [0.3, 0.4) is 0 Å². The first-order valence-electron chi connectivity index (χ1n) is 3.68. The summed E-state index contributed by atoms with van der Waals surface area (Å²) in [6, 6.07) is 8.70. The summed E-state index contributed by atoms with van der Waals surface area (Å²) in [5, 5.41) is 0. The van der Waals surface area contributed by atoms with Crippen LogP contribution in [0.4, 0.5) is 0 Å². The molecule has 0 aliphatic rings. The van der Waals surface area contributed by atoms with Crippen LogP contribution in [0.2, 0.25) is 0 Å². The minimum Gasteiger partial charge on any atom is -0.328 e. The van der Waals surface area contributed by atoms with E-state index >= 15 is 0 Å². The zero-order valence-corrected chi connectivity index (χ0v) is 8.71. The lowest BCUT2D eigenvalue weighted by Gasteiger charge is -2.04. The fourth-order valence-electron chi connectivity index (χ4n) is 1.04. The quantitative estimate of drug-likeness (QED) is 0.811. The number of benzene rings is 1. The summed E-state index contributed by atoms with van der Waals surface area (Å²) in [5.41, 5.74) is 7.00.